The summed E-state index contributed by atoms with van der Waals surface area (Å²) >= 11 is 0. The number of fused-ring (bicyclic) bond motifs is 13. The summed E-state index contributed by atoms with van der Waals surface area (Å²) in [5.41, 5.74) is 25.8. The molecule has 0 saturated heterocycles. The molecule has 0 fully saturated rings. The van der Waals surface area contributed by atoms with Crippen molar-refractivity contribution in [2.45, 2.75) is 24.7 Å². The average molecular weight is 828 g/mol. The Kier molecular flexibility index (Phi) is 8.24. The third-order valence-electron chi connectivity index (χ3n) is 14.7. The number of benzene rings is 10. The molecule has 0 saturated carbocycles. The Morgan fingerprint density at radius 2 is 0.708 bits per heavy atom. The van der Waals surface area contributed by atoms with Crippen LogP contribution >= 0.6 is 0 Å². The Balaban J connectivity index is 1.14. The second kappa shape index (κ2) is 14.3. The van der Waals surface area contributed by atoms with Crippen LogP contribution in [0.3, 0.4) is 0 Å². The van der Waals surface area contributed by atoms with Crippen molar-refractivity contribution in [2.24, 2.45) is 0 Å². The van der Waals surface area contributed by atoms with E-state index in [9.17, 15) is 0 Å². The van der Waals surface area contributed by atoms with Crippen molar-refractivity contribution < 1.29 is 0 Å². The van der Waals surface area contributed by atoms with Gasteiger partial charge in [0.25, 0.3) is 0 Å². The van der Waals surface area contributed by atoms with E-state index in [0.29, 0.717) is 0 Å². The molecule has 1 heteroatoms. The summed E-state index contributed by atoms with van der Waals surface area (Å²) in [5.74, 6) is 0. The zero-order chi connectivity index (χ0) is 43.3. The van der Waals surface area contributed by atoms with Gasteiger partial charge in [0.1, 0.15) is 0 Å². The van der Waals surface area contributed by atoms with Crippen LogP contribution in [0, 0.1) is 0 Å². The fraction of sp³-hybridized carbons (Fsp3) is 0.0625. The van der Waals surface area contributed by atoms with E-state index < -0.39 is 5.41 Å². The van der Waals surface area contributed by atoms with Crippen molar-refractivity contribution in [1.29, 1.82) is 0 Å². The molecule has 306 valence electrons. The molecule has 0 unspecified atom stereocenters. The smallest absolute Gasteiger partial charge is 0.0725 e. The van der Waals surface area contributed by atoms with Crippen molar-refractivity contribution in [1.82, 2.24) is 0 Å². The fourth-order valence-corrected chi connectivity index (χ4v) is 12.1. The van der Waals surface area contributed by atoms with Gasteiger partial charge in [-0.2, -0.15) is 0 Å². The van der Waals surface area contributed by atoms with E-state index in [1.807, 2.05) is 0 Å². The molecule has 3 aliphatic rings. The summed E-state index contributed by atoms with van der Waals surface area (Å²) in [5, 5.41) is 0. The number of rotatable bonds is 6. The molecule has 0 bridgehead atoms. The van der Waals surface area contributed by atoms with Crippen molar-refractivity contribution in [2.75, 3.05) is 4.90 Å². The highest BCUT2D eigenvalue weighted by atomic mass is 15.1. The predicted octanol–water partition coefficient (Wildman–Crippen LogP) is 16.8. The van der Waals surface area contributed by atoms with E-state index in [1.54, 1.807) is 0 Å². The average Bonchev–Trinajstić information content (AvgIpc) is 3.93. The van der Waals surface area contributed by atoms with E-state index in [4.69, 9.17) is 0 Å². The van der Waals surface area contributed by atoms with Gasteiger partial charge in [-0.15, -0.1) is 0 Å². The SMILES string of the molecule is CC1(C)c2ccccc2-c2cccc(N(c3ccc4c(c3)-c3ccccc3C43c4ccccc4-c4ccccc43)c3cccc(-c4ccccc4)c3-c3ccccc3-c3ccccc3)c21. The van der Waals surface area contributed by atoms with Gasteiger partial charge in [0.2, 0.25) is 0 Å². The summed E-state index contributed by atoms with van der Waals surface area (Å²) in [6, 6.07) is 88.3. The molecule has 0 atom stereocenters. The predicted molar refractivity (Wildman–Crippen MR) is 271 cm³/mol. The van der Waals surface area contributed by atoms with Crippen molar-refractivity contribution >= 4 is 17.1 Å². The molecule has 0 amide bonds. The first-order chi connectivity index (χ1) is 32.0. The van der Waals surface area contributed by atoms with Gasteiger partial charge in [-0.1, -0.05) is 226 Å². The highest BCUT2D eigenvalue weighted by Gasteiger charge is 2.51. The first-order valence-electron chi connectivity index (χ1n) is 22.9. The van der Waals surface area contributed by atoms with Crippen LogP contribution in [-0.4, -0.2) is 0 Å². The molecule has 0 aliphatic heterocycles. The molecule has 0 heterocycles. The molecule has 0 aromatic heterocycles. The molecule has 0 N–H and O–H groups in total. The number of anilines is 3. The van der Waals surface area contributed by atoms with E-state index >= 15 is 0 Å². The monoisotopic (exact) mass is 827 g/mol. The Morgan fingerprint density at radius 1 is 0.292 bits per heavy atom. The molecule has 13 rings (SSSR count). The fourth-order valence-electron chi connectivity index (χ4n) is 12.1. The van der Waals surface area contributed by atoms with E-state index in [2.05, 4.69) is 255 Å². The van der Waals surface area contributed by atoms with Crippen LogP contribution in [0.25, 0.3) is 66.8 Å². The molecule has 3 aliphatic carbocycles. The molecular weight excluding hydrogens is 783 g/mol. The molecule has 10 aromatic rings. The molecule has 1 nitrogen and oxygen atoms in total. The topological polar surface area (TPSA) is 3.24 Å². The summed E-state index contributed by atoms with van der Waals surface area (Å²) in [4.78, 5) is 2.60. The van der Waals surface area contributed by atoms with Crippen LogP contribution in [0.5, 0.6) is 0 Å². The van der Waals surface area contributed by atoms with Crippen LogP contribution in [0.2, 0.25) is 0 Å². The third-order valence-corrected chi connectivity index (χ3v) is 14.7. The largest absolute Gasteiger partial charge is 0.309 e. The maximum absolute atomic E-state index is 2.60. The minimum Gasteiger partial charge on any atom is -0.309 e. The lowest BCUT2D eigenvalue weighted by atomic mass is 9.70. The second-order valence-corrected chi connectivity index (χ2v) is 18.3. The standard InChI is InChI=1S/C64H45N/c1-63(2)54-33-15-11-28-49(54)52-32-20-38-60(62(52)63)65(59-37-19-31-46(43-23-7-4-8-24-43)61(59)51-30-10-9-25-45(51)42-21-5-3-6-22-42)44-39-40-58-53(41-44)50-29-14-18-36-57(50)64(58)55-34-16-12-26-47(55)48-27-13-17-35-56(48)64/h3-41H,1-2H3. The van der Waals surface area contributed by atoms with Gasteiger partial charge in [0, 0.05) is 16.7 Å². The quantitative estimate of drug-likeness (QED) is 0.161. The number of hydrogen-bond acceptors (Lipinski definition) is 1. The van der Waals surface area contributed by atoms with Gasteiger partial charge in [-0.25, -0.2) is 0 Å². The normalized spacial score (nSPS) is 13.9. The van der Waals surface area contributed by atoms with Crippen LogP contribution in [0.4, 0.5) is 17.1 Å². The van der Waals surface area contributed by atoms with Gasteiger partial charge in [-0.05, 0) is 119 Å². The van der Waals surface area contributed by atoms with Gasteiger partial charge in [-0.3, -0.25) is 0 Å². The maximum Gasteiger partial charge on any atom is 0.0725 e. The van der Waals surface area contributed by atoms with E-state index in [0.717, 1.165) is 11.4 Å². The van der Waals surface area contributed by atoms with E-state index in [-0.39, 0.29) is 5.41 Å². The molecular formula is C64H45N. The Hall–Kier alpha value is -8.00. The number of nitrogens with zero attached hydrogens (tertiary/aromatic N) is 1. The van der Waals surface area contributed by atoms with Crippen molar-refractivity contribution in [3.63, 3.8) is 0 Å². The van der Waals surface area contributed by atoms with Crippen molar-refractivity contribution in [3.8, 4) is 66.8 Å². The highest BCUT2D eigenvalue weighted by molar-refractivity contribution is 6.04. The van der Waals surface area contributed by atoms with Crippen LogP contribution in [0.15, 0.2) is 237 Å². The third kappa shape index (κ3) is 5.27. The summed E-state index contributed by atoms with van der Waals surface area (Å²) in [7, 11) is 0. The van der Waals surface area contributed by atoms with Crippen LogP contribution in [0.1, 0.15) is 47.2 Å². The summed E-state index contributed by atoms with van der Waals surface area (Å²) in [6.45, 7) is 4.81. The number of hydrogen-bond donors (Lipinski definition) is 0. The Labute approximate surface area is 381 Å². The lowest BCUT2D eigenvalue weighted by Gasteiger charge is -2.35. The van der Waals surface area contributed by atoms with Crippen LogP contribution < -0.4 is 4.90 Å². The van der Waals surface area contributed by atoms with Gasteiger partial charge < -0.3 is 4.90 Å². The lowest BCUT2D eigenvalue weighted by molar-refractivity contribution is 0.661. The maximum atomic E-state index is 2.60. The zero-order valence-electron chi connectivity index (χ0n) is 36.5. The first-order valence-corrected chi connectivity index (χ1v) is 22.9. The van der Waals surface area contributed by atoms with E-state index in [1.165, 1.54) is 106 Å². The Morgan fingerprint density at radius 3 is 1.31 bits per heavy atom. The summed E-state index contributed by atoms with van der Waals surface area (Å²) in [6.07, 6.45) is 0. The first kappa shape index (κ1) is 37.5. The molecule has 0 radical (unpaired) electrons. The van der Waals surface area contributed by atoms with Gasteiger partial charge >= 0.3 is 0 Å². The van der Waals surface area contributed by atoms with Crippen LogP contribution in [-0.2, 0) is 10.8 Å². The van der Waals surface area contributed by atoms with Gasteiger partial charge in [0.15, 0.2) is 0 Å². The lowest BCUT2D eigenvalue weighted by Crippen LogP contribution is -2.26. The summed E-state index contributed by atoms with van der Waals surface area (Å²) < 4.78 is 0. The van der Waals surface area contributed by atoms with Crippen molar-refractivity contribution in [3.05, 3.63) is 270 Å². The highest BCUT2D eigenvalue weighted by Crippen LogP contribution is 2.64. The molecule has 1 spiro atoms. The minimum atomic E-state index is -0.423. The zero-order valence-corrected chi connectivity index (χ0v) is 36.5. The minimum absolute atomic E-state index is 0.259. The second-order valence-electron chi connectivity index (χ2n) is 18.3. The van der Waals surface area contributed by atoms with Gasteiger partial charge in [0.05, 0.1) is 16.8 Å². The molecule has 10 aromatic carbocycles. The Bertz CT molecular complexity index is 3480. The molecule has 65 heavy (non-hydrogen) atoms.